The van der Waals surface area contributed by atoms with Crippen molar-refractivity contribution in [3.8, 4) is 5.75 Å². The molecular weight excluding hydrogens is 224 g/mol. The summed E-state index contributed by atoms with van der Waals surface area (Å²) in [5.41, 5.74) is 6.98. The van der Waals surface area contributed by atoms with Crippen molar-refractivity contribution in [1.29, 1.82) is 0 Å². The Hall–Kier alpha value is -1.61. The highest BCUT2D eigenvalue weighted by atomic mass is 16.5. The summed E-state index contributed by atoms with van der Waals surface area (Å²) in [5.74, 6) is 1.64. The van der Waals surface area contributed by atoms with Crippen LogP contribution in [0, 0.1) is 5.92 Å². The molecule has 0 aliphatic carbocycles. The summed E-state index contributed by atoms with van der Waals surface area (Å²) < 4.78 is 5.25. The van der Waals surface area contributed by atoms with Crippen molar-refractivity contribution in [2.24, 2.45) is 11.7 Å². The maximum Gasteiger partial charge on any atom is 0.119 e. The number of pyridine rings is 1. The molecule has 0 bridgehead atoms. The number of rotatable bonds is 4. The molecule has 1 aromatic heterocycles. The first-order valence-corrected chi connectivity index (χ1v) is 6.30. The summed E-state index contributed by atoms with van der Waals surface area (Å²) in [6.45, 7) is 4.99. The average Bonchev–Trinajstić information content (AvgIpc) is 2.38. The molecule has 1 aromatic carbocycles. The molecule has 2 N–H and O–H groups in total. The van der Waals surface area contributed by atoms with E-state index in [9.17, 15) is 0 Å². The van der Waals surface area contributed by atoms with Gasteiger partial charge in [0.2, 0.25) is 0 Å². The quantitative estimate of drug-likeness (QED) is 0.899. The van der Waals surface area contributed by atoms with E-state index in [1.165, 1.54) is 5.39 Å². The first kappa shape index (κ1) is 12.8. The standard InChI is InChI=1S/C15H20N2O/c1-10(2)14(9-16)15-13-5-4-12(18-3)8-11(13)6-7-17-15/h4-8,10,14H,9,16H2,1-3H3. The topological polar surface area (TPSA) is 48.1 Å². The van der Waals surface area contributed by atoms with Crippen LogP contribution in [0.1, 0.15) is 25.5 Å². The average molecular weight is 244 g/mol. The summed E-state index contributed by atoms with van der Waals surface area (Å²) in [6, 6.07) is 8.09. The van der Waals surface area contributed by atoms with E-state index < -0.39 is 0 Å². The lowest BCUT2D eigenvalue weighted by Crippen LogP contribution is -2.19. The van der Waals surface area contributed by atoms with Gasteiger partial charge in [0.25, 0.3) is 0 Å². The number of ether oxygens (including phenoxy) is 1. The highest BCUT2D eigenvalue weighted by molar-refractivity contribution is 5.86. The molecule has 1 atom stereocenters. The Morgan fingerprint density at radius 3 is 2.67 bits per heavy atom. The summed E-state index contributed by atoms with van der Waals surface area (Å²) in [7, 11) is 1.68. The highest BCUT2D eigenvalue weighted by Crippen LogP contribution is 2.30. The molecule has 0 radical (unpaired) electrons. The van der Waals surface area contributed by atoms with Crippen LogP contribution in [0.2, 0.25) is 0 Å². The lowest BCUT2D eigenvalue weighted by Gasteiger charge is -2.20. The molecule has 3 heteroatoms. The van der Waals surface area contributed by atoms with E-state index in [-0.39, 0.29) is 0 Å². The van der Waals surface area contributed by atoms with Gasteiger partial charge >= 0.3 is 0 Å². The van der Waals surface area contributed by atoms with E-state index in [1.807, 2.05) is 24.4 Å². The van der Waals surface area contributed by atoms with Crippen molar-refractivity contribution >= 4 is 10.8 Å². The second-order valence-corrected chi connectivity index (χ2v) is 4.87. The Labute approximate surface area is 108 Å². The van der Waals surface area contributed by atoms with Crippen LogP contribution in [0.15, 0.2) is 30.5 Å². The van der Waals surface area contributed by atoms with E-state index in [0.717, 1.165) is 16.8 Å². The third-order valence-electron chi connectivity index (χ3n) is 3.41. The summed E-state index contributed by atoms with van der Waals surface area (Å²) >= 11 is 0. The van der Waals surface area contributed by atoms with Gasteiger partial charge in [-0.15, -0.1) is 0 Å². The molecule has 0 aliphatic heterocycles. The van der Waals surface area contributed by atoms with Gasteiger partial charge in [-0.05, 0) is 35.6 Å². The molecule has 96 valence electrons. The Morgan fingerprint density at radius 2 is 2.06 bits per heavy atom. The van der Waals surface area contributed by atoms with E-state index in [4.69, 9.17) is 10.5 Å². The van der Waals surface area contributed by atoms with Crippen LogP contribution in [-0.4, -0.2) is 18.6 Å². The van der Waals surface area contributed by atoms with Crippen molar-refractivity contribution in [2.45, 2.75) is 19.8 Å². The van der Waals surface area contributed by atoms with Gasteiger partial charge in [-0.25, -0.2) is 0 Å². The second-order valence-electron chi connectivity index (χ2n) is 4.87. The minimum atomic E-state index is 0.294. The zero-order valence-corrected chi connectivity index (χ0v) is 11.2. The molecule has 0 saturated carbocycles. The zero-order valence-electron chi connectivity index (χ0n) is 11.2. The van der Waals surface area contributed by atoms with Crippen LogP contribution in [0.4, 0.5) is 0 Å². The molecule has 2 aromatic rings. The van der Waals surface area contributed by atoms with Crippen molar-refractivity contribution < 1.29 is 4.74 Å². The monoisotopic (exact) mass is 244 g/mol. The smallest absolute Gasteiger partial charge is 0.119 e. The molecule has 18 heavy (non-hydrogen) atoms. The molecule has 2 rings (SSSR count). The molecule has 3 nitrogen and oxygen atoms in total. The fourth-order valence-corrected chi connectivity index (χ4v) is 2.30. The van der Waals surface area contributed by atoms with Gasteiger partial charge in [0, 0.05) is 24.0 Å². The number of hydrogen-bond acceptors (Lipinski definition) is 3. The summed E-state index contributed by atoms with van der Waals surface area (Å²) in [6.07, 6.45) is 1.85. The van der Waals surface area contributed by atoms with Gasteiger partial charge in [0.15, 0.2) is 0 Å². The van der Waals surface area contributed by atoms with Crippen LogP contribution in [0.3, 0.4) is 0 Å². The van der Waals surface area contributed by atoms with Crippen LogP contribution >= 0.6 is 0 Å². The van der Waals surface area contributed by atoms with Gasteiger partial charge in [-0.1, -0.05) is 13.8 Å². The van der Waals surface area contributed by atoms with Crippen LogP contribution < -0.4 is 10.5 Å². The molecule has 0 fully saturated rings. The Balaban J connectivity index is 2.57. The molecular formula is C15H20N2O. The molecule has 1 unspecified atom stereocenters. The minimum Gasteiger partial charge on any atom is -0.497 e. The van der Waals surface area contributed by atoms with Crippen molar-refractivity contribution in [3.05, 3.63) is 36.2 Å². The summed E-state index contributed by atoms with van der Waals surface area (Å²) in [5, 5.41) is 2.32. The van der Waals surface area contributed by atoms with Gasteiger partial charge in [0.05, 0.1) is 12.8 Å². The van der Waals surface area contributed by atoms with Crippen LogP contribution in [-0.2, 0) is 0 Å². The van der Waals surface area contributed by atoms with Crippen molar-refractivity contribution in [3.63, 3.8) is 0 Å². The van der Waals surface area contributed by atoms with E-state index in [2.05, 4.69) is 24.9 Å². The number of aromatic nitrogens is 1. The molecule has 0 saturated heterocycles. The molecule has 0 aliphatic rings. The fraction of sp³-hybridized carbons (Fsp3) is 0.400. The highest BCUT2D eigenvalue weighted by Gasteiger charge is 2.18. The third kappa shape index (κ3) is 2.31. The number of hydrogen-bond donors (Lipinski definition) is 1. The maximum atomic E-state index is 5.89. The number of methoxy groups -OCH3 is 1. The number of benzene rings is 1. The lowest BCUT2D eigenvalue weighted by atomic mass is 9.89. The second kappa shape index (κ2) is 5.36. The Bertz CT molecular complexity index is 537. The normalized spacial score (nSPS) is 12.9. The van der Waals surface area contributed by atoms with Gasteiger partial charge < -0.3 is 10.5 Å². The summed E-state index contributed by atoms with van der Waals surface area (Å²) in [4.78, 5) is 4.53. The Kier molecular flexibility index (Phi) is 3.82. The van der Waals surface area contributed by atoms with E-state index in [0.29, 0.717) is 18.4 Å². The van der Waals surface area contributed by atoms with Gasteiger partial charge in [-0.2, -0.15) is 0 Å². The van der Waals surface area contributed by atoms with Gasteiger partial charge in [0.1, 0.15) is 5.75 Å². The first-order chi connectivity index (χ1) is 8.67. The maximum absolute atomic E-state index is 5.89. The number of nitrogens with zero attached hydrogens (tertiary/aromatic N) is 1. The molecule has 0 amide bonds. The fourth-order valence-electron chi connectivity index (χ4n) is 2.30. The number of fused-ring (bicyclic) bond motifs is 1. The van der Waals surface area contributed by atoms with Crippen molar-refractivity contribution in [1.82, 2.24) is 4.98 Å². The largest absolute Gasteiger partial charge is 0.497 e. The van der Waals surface area contributed by atoms with E-state index in [1.54, 1.807) is 7.11 Å². The number of nitrogens with two attached hydrogens (primary N) is 1. The lowest BCUT2D eigenvalue weighted by molar-refractivity contribution is 0.415. The SMILES string of the molecule is COc1ccc2c(C(CN)C(C)C)nccc2c1. The minimum absolute atomic E-state index is 0.294. The first-order valence-electron chi connectivity index (χ1n) is 6.30. The van der Waals surface area contributed by atoms with E-state index >= 15 is 0 Å². The van der Waals surface area contributed by atoms with Crippen LogP contribution in [0.5, 0.6) is 5.75 Å². The van der Waals surface area contributed by atoms with Crippen molar-refractivity contribution in [2.75, 3.05) is 13.7 Å². The predicted molar refractivity (Wildman–Crippen MR) is 74.9 cm³/mol. The Morgan fingerprint density at radius 1 is 1.28 bits per heavy atom. The zero-order chi connectivity index (χ0) is 13.1. The van der Waals surface area contributed by atoms with Crippen LogP contribution in [0.25, 0.3) is 10.8 Å². The predicted octanol–water partition coefficient (Wildman–Crippen LogP) is 2.94. The third-order valence-corrected chi connectivity index (χ3v) is 3.41. The van der Waals surface area contributed by atoms with Gasteiger partial charge in [-0.3, -0.25) is 4.98 Å². The molecule has 0 spiro atoms. The molecule has 1 heterocycles.